The van der Waals surface area contributed by atoms with Crippen LogP contribution in [0.3, 0.4) is 0 Å². The van der Waals surface area contributed by atoms with Gasteiger partial charge >= 0.3 is 12.0 Å². The van der Waals surface area contributed by atoms with Gasteiger partial charge in [0.2, 0.25) is 11.8 Å². The SMILES string of the molecule is COc1cc(OC)nc(Oc2ccccc2C(=O)O)n1. The molecule has 1 heterocycles. The number of methoxy groups -OCH3 is 2. The van der Waals surface area contributed by atoms with Crippen molar-refractivity contribution in [2.45, 2.75) is 0 Å². The van der Waals surface area contributed by atoms with Gasteiger partial charge in [-0.25, -0.2) is 4.79 Å². The van der Waals surface area contributed by atoms with Crippen molar-refractivity contribution < 1.29 is 24.1 Å². The van der Waals surface area contributed by atoms with Crippen LogP contribution in [0.4, 0.5) is 0 Å². The molecule has 1 N–H and O–H groups in total. The monoisotopic (exact) mass is 276 g/mol. The van der Waals surface area contributed by atoms with E-state index in [1.165, 1.54) is 32.4 Å². The van der Waals surface area contributed by atoms with Crippen molar-refractivity contribution in [3.05, 3.63) is 35.9 Å². The Balaban J connectivity index is 2.37. The highest BCUT2D eigenvalue weighted by Crippen LogP contribution is 2.26. The third-order valence-electron chi connectivity index (χ3n) is 2.40. The van der Waals surface area contributed by atoms with E-state index < -0.39 is 5.97 Å². The minimum atomic E-state index is -1.10. The van der Waals surface area contributed by atoms with Gasteiger partial charge in [-0.15, -0.1) is 0 Å². The first-order chi connectivity index (χ1) is 9.63. The maximum Gasteiger partial charge on any atom is 0.339 e. The molecule has 0 saturated carbocycles. The van der Waals surface area contributed by atoms with Crippen molar-refractivity contribution in [1.82, 2.24) is 9.97 Å². The van der Waals surface area contributed by atoms with E-state index >= 15 is 0 Å². The molecule has 2 rings (SSSR count). The molecule has 0 bridgehead atoms. The van der Waals surface area contributed by atoms with Gasteiger partial charge in [0.1, 0.15) is 11.3 Å². The second kappa shape index (κ2) is 5.87. The third-order valence-corrected chi connectivity index (χ3v) is 2.40. The van der Waals surface area contributed by atoms with Gasteiger partial charge in [0.15, 0.2) is 0 Å². The lowest BCUT2D eigenvalue weighted by atomic mass is 10.2. The average Bonchev–Trinajstić information content (AvgIpc) is 2.47. The van der Waals surface area contributed by atoms with Gasteiger partial charge in [0, 0.05) is 0 Å². The van der Waals surface area contributed by atoms with Crippen molar-refractivity contribution in [1.29, 1.82) is 0 Å². The van der Waals surface area contributed by atoms with Gasteiger partial charge < -0.3 is 19.3 Å². The van der Waals surface area contributed by atoms with Crippen LogP contribution in [0, 0.1) is 0 Å². The second-order valence-corrected chi connectivity index (χ2v) is 3.64. The summed E-state index contributed by atoms with van der Waals surface area (Å²) in [5, 5.41) is 9.07. The third kappa shape index (κ3) is 2.94. The summed E-state index contributed by atoms with van der Waals surface area (Å²) in [6.07, 6.45) is 0. The molecule has 0 spiro atoms. The zero-order valence-corrected chi connectivity index (χ0v) is 10.9. The Bertz CT molecular complexity index is 608. The first-order valence-corrected chi connectivity index (χ1v) is 5.61. The Morgan fingerprint density at radius 3 is 2.25 bits per heavy atom. The summed E-state index contributed by atoms with van der Waals surface area (Å²) in [4.78, 5) is 19.0. The fourth-order valence-corrected chi connectivity index (χ4v) is 1.47. The van der Waals surface area contributed by atoms with E-state index in [-0.39, 0.29) is 29.1 Å². The number of aromatic carboxylic acids is 1. The summed E-state index contributed by atoms with van der Waals surface area (Å²) < 4.78 is 15.4. The first-order valence-electron chi connectivity index (χ1n) is 5.61. The molecule has 0 unspecified atom stereocenters. The quantitative estimate of drug-likeness (QED) is 0.892. The van der Waals surface area contributed by atoms with E-state index in [2.05, 4.69) is 9.97 Å². The normalized spacial score (nSPS) is 9.90. The molecule has 1 aromatic heterocycles. The fraction of sp³-hybridized carbons (Fsp3) is 0.154. The Morgan fingerprint density at radius 1 is 1.10 bits per heavy atom. The lowest BCUT2D eigenvalue weighted by Gasteiger charge is -2.09. The Hall–Kier alpha value is -2.83. The molecule has 7 heteroatoms. The van der Waals surface area contributed by atoms with E-state index in [1.807, 2.05) is 0 Å². The maximum absolute atomic E-state index is 11.1. The molecule has 2 aromatic rings. The van der Waals surface area contributed by atoms with Crippen LogP contribution in [0.25, 0.3) is 0 Å². The second-order valence-electron chi connectivity index (χ2n) is 3.64. The smallest absolute Gasteiger partial charge is 0.339 e. The number of aromatic nitrogens is 2. The summed E-state index contributed by atoms with van der Waals surface area (Å²) >= 11 is 0. The number of rotatable bonds is 5. The molecule has 0 aliphatic rings. The molecule has 0 aliphatic carbocycles. The topological polar surface area (TPSA) is 90.8 Å². The number of carboxylic acids is 1. The first kappa shape index (κ1) is 13.6. The summed E-state index contributed by atoms with van der Waals surface area (Å²) in [6, 6.07) is 7.61. The summed E-state index contributed by atoms with van der Waals surface area (Å²) in [5.74, 6) is -0.468. The van der Waals surface area contributed by atoms with Crippen molar-refractivity contribution in [2.24, 2.45) is 0 Å². The number of carboxylic acid groups (broad SMARTS) is 1. The summed E-state index contributed by atoms with van der Waals surface area (Å²) in [6.45, 7) is 0. The number of hydrogen-bond donors (Lipinski definition) is 1. The summed E-state index contributed by atoms with van der Waals surface area (Å²) in [5.41, 5.74) is 0.0119. The van der Waals surface area contributed by atoms with Crippen LogP contribution in [0.15, 0.2) is 30.3 Å². The Kier molecular flexibility index (Phi) is 3.99. The molecule has 0 radical (unpaired) electrons. The number of ether oxygens (including phenoxy) is 3. The highest BCUT2D eigenvalue weighted by Gasteiger charge is 2.14. The molecule has 0 atom stereocenters. The number of benzene rings is 1. The molecule has 0 saturated heterocycles. The highest BCUT2D eigenvalue weighted by atomic mass is 16.5. The lowest BCUT2D eigenvalue weighted by Crippen LogP contribution is -2.02. The maximum atomic E-state index is 11.1. The highest BCUT2D eigenvalue weighted by molar-refractivity contribution is 5.90. The fourth-order valence-electron chi connectivity index (χ4n) is 1.47. The number of hydrogen-bond acceptors (Lipinski definition) is 6. The van der Waals surface area contributed by atoms with Crippen LogP contribution in [0.2, 0.25) is 0 Å². The molecule has 104 valence electrons. The largest absolute Gasteiger partial charge is 0.481 e. The van der Waals surface area contributed by atoms with Gasteiger partial charge in [-0.1, -0.05) is 12.1 Å². The molecule has 0 amide bonds. The number of nitrogens with zero attached hydrogens (tertiary/aromatic N) is 2. The van der Waals surface area contributed by atoms with E-state index in [4.69, 9.17) is 19.3 Å². The van der Waals surface area contributed by atoms with Crippen LogP contribution in [-0.2, 0) is 0 Å². The Labute approximate surface area is 114 Å². The van der Waals surface area contributed by atoms with E-state index in [0.717, 1.165) is 0 Å². The minimum absolute atomic E-state index is 0.0119. The molecule has 7 nitrogen and oxygen atoms in total. The van der Waals surface area contributed by atoms with E-state index in [1.54, 1.807) is 12.1 Å². The lowest BCUT2D eigenvalue weighted by molar-refractivity contribution is 0.0694. The van der Waals surface area contributed by atoms with Gasteiger partial charge in [0.05, 0.1) is 20.3 Å². The average molecular weight is 276 g/mol. The Morgan fingerprint density at radius 2 is 1.70 bits per heavy atom. The predicted octanol–water partition coefficient (Wildman–Crippen LogP) is 1.98. The standard InChI is InChI=1S/C13H12N2O5/c1-18-10-7-11(19-2)15-13(14-10)20-9-6-4-3-5-8(9)12(16)17/h3-7H,1-2H3,(H,16,17). The van der Waals surface area contributed by atoms with E-state index in [9.17, 15) is 4.79 Å². The van der Waals surface area contributed by atoms with Crippen LogP contribution in [0.5, 0.6) is 23.5 Å². The van der Waals surface area contributed by atoms with Gasteiger partial charge in [0.25, 0.3) is 0 Å². The van der Waals surface area contributed by atoms with Crippen molar-refractivity contribution in [3.8, 4) is 23.5 Å². The summed E-state index contributed by atoms with van der Waals surface area (Å²) in [7, 11) is 2.88. The molecule has 0 aliphatic heterocycles. The zero-order chi connectivity index (χ0) is 14.5. The van der Waals surface area contributed by atoms with Gasteiger partial charge in [-0.3, -0.25) is 0 Å². The van der Waals surface area contributed by atoms with Crippen molar-refractivity contribution in [3.63, 3.8) is 0 Å². The molecule has 0 fully saturated rings. The van der Waals surface area contributed by atoms with Crippen molar-refractivity contribution >= 4 is 5.97 Å². The molecular weight excluding hydrogens is 264 g/mol. The molecular formula is C13H12N2O5. The molecule has 1 aromatic carbocycles. The van der Waals surface area contributed by atoms with E-state index in [0.29, 0.717) is 0 Å². The van der Waals surface area contributed by atoms with Gasteiger partial charge in [-0.2, -0.15) is 9.97 Å². The van der Waals surface area contributed by atoms with Crippen LogP contribution < -0.4 is 14.2 Å². The zero-order valence-electron chi connectivity index (χ0n) is 10.9. The molecule has 20 heavy (non-hydrogen) atoms. The minimum Gasteiger partial charge on any atom is -0.481 e. The predicted molar refractivity (Wildman–Crippen MR) is 68.6 cm³/mol. The van der Waals surface area contributed by atoms with Crippen LogP contribution >= 0.6 is 0 Å². The van der Waals surface area contributed by atoms with Crippen LogP contribution in [0.1, 0.15) is 10.4 Å². The number of carbonyl (C=O) groups is 1. The number of para-hydroxylation sites is 1. The van der Waals surface area contributed by atoms with Crippen molar-refractivity contribution in [2.75, 3.05) is 14.2 Å². The van der Waals surface area contributed by atoms with Crippen LogP contribution in [-0.4, -0.2) is 35.3 Å². The van der Waals surface area contributed by atoms with Gasteiger partial charge in [-0.05, 0) is 12.1 Å².